The molecule has 0 aromatic heterocycles. The monoisotopic (exact) mass is 224 g/mol. The minimum Gasteiger partial charge on any atom is -0.478 e. The zero-order valence-corrected chi connectivity index (χ0v) is 7.43. The molecule has 0 amide bonds. The molecule has 0 radical (unpaired) electrons. The molecule has 0 unspecified atom stereocenters. The highest BCUT2D eigenvalue weighted by Crippen LogP contribution is 2.16. The average molecular weight is 224 g/mol. The van der Waals surface area contributed by atoms with E-state index in [1.54, 1.807) is 0 Å². The number of carboxylic acids is 1. The van der Waals surface area contributed by atoms with Gasteiger partial charge in [0.05, 0.1) is 11.1 Å². The van der Waals surface area contributed by atoms with E-state index >= 15 is 0 Å². The van der Waals surface area contributed by atoms with E-state index in [0.717, 1.165) is 0 Å². The molecule has 0 atom stereocenters. The number of carboxylic acid groups (broad SMARTS) is 1. The summed E-state index contributed by atoms with van der Waals surface area (Å²) in [6.07, 6.45) is -4.67. The largest absolute Gasteiger partial charge is 0.478 e. The lowest BCUT2D eigenvalue weighted by Crippen LogP contribution is -2.22. The second-order valence-electron chi connectivity index (χ2n) is 2.45. The standard InChI is InChI=1S/C8H7F3O4/c1-4(6(12)13)5(2)7(14)15-3-8(9,10)11/h1-3H2,(H,12,13). The van der Waals surface area contributed by atoms with Crippen molar-refractivity contribution in [3.8, 4) is 0 Å². The van der Waals surface area contributed by atoms with Gasteiger partial charge in [0.2, 0.25) is 0 Å². The van der Waals surface area contributed by atoms with E-state index in [1.807, 2.05) is 0 Å². The molecule has 0 saturated heterocycles. The fourth-order valence-corrected chi connectivity index (χ4v) is 0.487. The number of carbonyl (C=O) groups excluding carboxylic acids is 1. The van der Waals surface area contributed by atoms with Crippen molar-refractivity contribution in [2.24, 2.45) is 0 Å². The number of aliphatic carboxylic acids is 1. The Kier molecular flexibility index (Phi) is 4.07. The molecule has 0 aliphatic carbocycles. The predicted octanol–water partition coefficient (Wildman–Crippen LogP) is 1.29. The van der Waals surface area contributed by atoms with Gasteiger partial charge in [-0.15, -0.1) is 0 Å². The Balaban J connectivity index is 4.30. The molecular weight excluding hydrogens is 217 g/mol. The zero-order chi connectivity index (χ0) is 12.2. The first-order valence-electron chi connectivity index (χ1n) is 3.50. The molecule has 1 N–H and O–H groups in total. The molecule has 0 heterocycles. The molecule has 0 aromatic carbocycles. The van der Waals surface area contributed by atoms with Crippen LogP contribution in [0.25, 0.3) is 0 Å². The zero-order valence-electron chi connectivity index (χ0n) is 7.43. The molecular formula is C8H7F3O4. The predicted molar refractivity (Wildman–Crippen MR) is 42.9 cm³/mol. The van der Waals surface area contributed by atoms with Crippen LogP contribution in [-0.2, 0) is 14.3 Å². The molecule has 4 nitrogen and oxygen atoms in total. The summed E-state index contributed by atoms with van der Waals surface area (Å²) in [6, 6.07) is 0. The highest BCUT2D eigenvalue weighted by Gasteiger charge is 2.30. The molecule has 0 fully saturated rings. The van der Waals surface area contributed by atoms with Gasteiger partial charge in [-0.05, 0) is 0 Å². The minimum absolute atomic E-state index is 0.706. The SMILES string of the molecule is C=C(C(=C)C(=O)OCC(F)(F)F)C(=O)O. The van der Waals surface area contributed by atoms with Gasteiger partial charge in [-0.25, -0.2) is 9.59 Å². The van der Waals surface area contributed by atoms with Crippen molar-refractivity contribution in [2.75, 3.05) is 6.61 Å². The van der Waals surface area contributed by atoms with Crippen LogP contribution in [0.1, 0.15) is 0 Å². The molecule has 15 heavy (non-hydrogen) atoms. The van der Waals surface area contributed by atoms with E-state index in [9.17, 15) is 22.8 Å². The topological polar surface area (TPSA) is 63.6 Å². The molecule has 0 aliphatic rings. The number of esters is 1. The Bertz CT molecular complexity index is 316. The van der Waals surface area contributed by atoms with E-state index < -0.39 is 35.9 Å². The van der Waals surface area contributed by atoms with Crippen LogP contribution in [0.5, 0.6) is 0 Å². The third-order valence-corrected chi connectivity index (χ3v) is 1.24. The van der Waals surface area contributed by atoms with E-state index in [1.165, 1.54) is 0 Å². The van der Waals surface area contributed by atoms with Crippen LogP contribution in [0, 0.1) is 0 Å². The Morgan fingerprint density at radius 1 is 1.20 bits per heavy atom. The van der Waals surface area contributed by atoms with Gasteiger partial charge >= 0.3 is 18.1 Å². The number of halogens is 3. The normalized spacial score (nSPS) is 10.6. The van der Waals surface area contributed by atoms with Gasteiger partial charge < -0.3 is 9.84 Å². The van der Waals surface area contributed by atoms with Gasteiger partial charge in [0.1, 0.15) is 0 Å². The van der Waals surface area contributed by atoms with Crippen molar-refractivity contribution in [3.63, 3.8) is 0 Å². The lowest BCUT2D eigenvalue weighted by Gasteiger charge is -2.08. The lowest BCUT2D eigenvalue weighted by molar-refractivity contribution is -0.183. The van der Waals surface area contributed by atoms with Crippen LogP contribution in [0.4, 0.5) is 13.2 Å². The highest BCUT2D eigenvalue weighted by molar-refractivity contribution is 6.05. The molecule has 0 spiro atoms. The Hall–Kier alpha value is -1.79. The Morgan fingerprint density at radius 2 is 1.67 bits per heavy atom. The summed E-state index contributed by atoms with van der Waals surface area (Å²) < 4.78 is 38.5. The van der Waals surface area contributed by atoms with Gasteiger partial charge in [0.15, 0.2) is 6.61 Å². The van der Waals surface area contributed by atoms with Crippen LogP contribution in [0.3, 0.4) is 0 Å². The molecule has 84 valence electrons. The summed E-state index contributed by atoms with van der Waals surface area (Å²) in [7, 11) is 0. The maximum atomic E-state index is 11.6. The molecule has 7 heteroatoms. The fraction of sp³-hybridized carbons (Fsp3) is 0.250. The van der Waals surface area contributed by atoms with Crippen LogP contribution < -0.4 is 0 Å². The number of alkyl halides is 3. The summed E-state index contributed by atoms with van der Waals surface area (Å²) in [5.74, 6) is -3.01. The number of hydrogen-bond donors (Lipinski definition) is 1. The van der Waals surface area contributed by atoms with E-state index in [4.69, 9.17) is 5.11 Å². The molecule has 0 rings (SSSR count). The first kappa shape index (κ1) is 13.2. The summed E-state index contributed by atoms with van der Waals surface area (Å²) in [5.41, 5.74) is -1.42. The number of carbonyl (C=O) groups is 2. The molecule has 0 saturated carbocycles. The van der Waals surface area contributed by atoms with E-state index in [0.29, 0.717) is 0 Å². The van der Waals surface area contributed by atoms with Gasteiger partial charge in [-0.1, -0.05) is 13.2 Å². The maximum Gasteiger partial charge on any atom is 0.422 e. The van der Waals surface area contributed by atoms with Gasteiger partial charge in [-0.3, -0.25) is 0 Å². The van der Waals surface area contributed by atoms with Gasteiger partial charge in [0.25, 0.3) is 0 Å². The van der Waals surface area contributed by atoms with Crippen molar-refractivity contribution in [1.82, 2.24) is 0 Å². The number of hydrogen-bond acceptors (Lipinski definition) is 3. The summed E-state index contributed by atoms with van der Waals surface area (Å²) in [4.78, 5) is 21.0. The third-order valence-electron chi connectivity index (χ3n) is 1.24. The first-order valence-corrected chi connectivity index (χ1v) is 3.50. The lowest BCUT2D eigenvalue weighted by atomic mass is 10.1. The highest BCUT2D eigenvalue weighted by atomic mass is 19.4. The smallest absolute Gasteiger partial charge is 0.422 e. The van der Waals surface area contributed by atoms with Crippen LogP contribution in [0.15, 0.2) is 24.3 Å². The quantitative estimate of drug-likeness (QED) is 0.444. The fourth-order valence-electron chi connectivity index (χ4n) is 0.487. The molecule has 0 aliphatic heterocycles. The van der Waals surface area contributed by atoms with Crippen molar-refractivity contribution in [2.45, 2.75) is 6.18 Å². The summed E-state index contributed by atoms with van der Waals surface area (Å²) in [5, 5.41) is 8.34. The summed E-state index contributed by atoms with van der Waals surface area (Å²) in [6.45, 7) is 4.10. The van der Waals surface area contributed by atoms with Gasteiger partial charge in [0, 0.05) is 0 Å². The minimum atomic E-state index is -4.67. The first-order chi connectivity index (χ1) is 6.65. The third kappa shape index (κ3) is 4.84. The van der Waals surface area contributed by atoms with Gasteiger partial charge in [-0.2, -0.15) is 13.2 Å². The van der Waals surface area contributed by atoms with Crippen molar-refractivity contribution in [1.29, 1.82) is 0 Å². The molecule has 0 aromatic rings. The van der Waals surface area contributed by atoms with E-state index in [-0.39, 0.29) is 0 Å². The van der Waals surface area contributed by atoms with Crippen LogP contribution in [-0.4, -0.2) is 29.8 Å². The maximum absolute atomic E-state index is 11.6. The average Bonchev–Trinajstić information content (AvgIpc) is 2.10. The second-order valence-corrected chi connectivity index (χ2v) is 2.45. The summed E-state index contributed by atoms with van der Waals surface area (Å²) >= 11 is 0. The number of rotatable bonds is 4. The van der Waals surface area contributed by atoms with Crippen LogP contribution in [0.2, 0.25) is 0 Å². The number of ether oxygens (including phenoxy) is 1. The van der Waals surface area contributed by atoms with E-state index in [2.05, 4.69) is 17.9 Å². The molecule has 0 bridgehead atoms. The van der Waals surface area contributed by atoms with Crippen LogP contribution >= 0.6 is 0 Å². The second kappa shape index (κ2) is 4.63. The Morgan fingerprint density at radius 3 is 2.00 bits per heavy atom. The van der Waals surface area contributed by atoms with Crippen molar-refractivity contribution < 1.29 is 32.6 Å². The van der Waals surface area contributed by atoms with Crippen molar-refractivity contribution >= 4 is 11.9 Å². The Labute approximate surface area is 82.6 Å². The van der Waals surface area contributed by atoms with Crippen molar-refractivity contribution in [3.05, 3.63) is 24.3 Å².